The first-order valence-electron chi connectivity index (χ1n) is 10.7. The second-order valence-electron chi connectivity index (χ2n) is 8.13. The van der Waals surface area contributed by atoms with Gasteiger partial charge in [0.25, 0.3) is 0 Å². The average molecular weight is 471 g/mol. The second-order valence-corrected chi connectivity index (χ2v) is 12.3. The van der Waals surface area contributed by atoms with E-state index in [-0.39, 0.29) is 12.8 Å². The van der Waals surface area contributed by atoms with E-state index in [0.29, 0.717) is 25.7 Å². The van der Waals surface area contributed by atoms with Crippen molar-refractivity contribution >= 4 is 32.2 Å². The molecule has 2 atom stereocenters. The van der Waals surface area contributed by atoms with Gasteiger partial charge in [-0.1, -0.05) is 53.4 Å². The Morgan fingerprint density at radius 1 is 0.667 bits per heavy atom. The summed E-state index contributed by atoms with van der Waals surface area (Å²) in [5.41, 5.74) is 0. The Hall–Kier alpha value is -1.16. The minimum atomic E-state index is -4.18. The summed E-state index contributed by atoms with van der Waals surface area (Å²) in [6.07, 6.45) is 3.01. The Labute approximate surface area is 182 Å². The summed E-state index contributed by atoms with van der Waals surface area (Å²) in [5.74, 6) is -2.21. The maximum Gasteiger partial charge on any atom is 0.322 e. The maximum atomic E-state index is 12.5. The van der Waals surface area contributed by atoms with Gasteiger partial charge < -0.3 is 8.37 Å². The molecular formula is C20H38O8S2. The normalized spacial score (nSPS) is 16.3. The number of carbonyl (C=O) groups excluding carboxylic acids is 2. The Morgan fingerprint density at radius 2 is 0.967 bits per heavy atom. The number of hydrogen-bond donors (Lipinski definition) is 0. The van der Waals surface area contributed by atoms with Crippen LogP contribution in [0.25, 0.3) is 0 Å². The van der Waals surface area contributed by atoms with E-state index in [1.807, 2.05) is 13.8 Å². The highest BCUT2D eigenvalue weighted by atomic mass is 32.2. The van der Waals surface area contributed by atoms with Crippen molar-refractivity contribution in [3.8, 4) is 0 Å². The lowest BCUT2D eigenvalue weighted by molar-refractivity contribution is -0.140. The van der Waals surface area contributed by atoms with Crippen molar-refractivity contribution in [2.75, 3.05) is 0 Å². The molecule has 30 heavy (non-hydrogen) atoms. The minimum absolute atomic E-state index is 0.274. The van der Waals surface area contributed by atoms with Gasteiger partial charge in [0.15, 0.2) is 0 Å². The first-order valence-corrected chi connectivity index (χ1v) is 13.5. The van der Waals surface area contributed by atoms with Crippen molar-refractivity contribution in [3.63, 3.8) is 0 Å². The highest BCUT2D eigenvalue weighted by molar-refractivity contribution is 7.88. The highest BCUT2D eigenvalue weighted by Gasteiger charge is 2.41. The third-order valence-electron chi connectivity index (χ3n) is 5.76. The molecule has 0 aromatic rings. The average Bonchev–Trinajstić information content (AvgIpc) is 2.67. The van der Waals surface area contributed by atoms with Gasteiger partial charge in [-0.2, -0.15) is 16.8 Å². The molecule has 0 saturated carbocycles. The molecule has 0 aliphatic rings. The molecule has 0 aromatic heterocycles. The van der Waals surface area contributed by atoms with Crippen molar-refractivity contribution < 1.29 is 34.8 Å². The van der Waals surface area contributed by atoms with Crippen molar-refractivity contribution in [2.45, 2.75) is 115 Å². The molecule has 0 aliphatic carbocycles. The van der Waals surface area contributed by atoms with E-state index in [4.69, 9.17) is 0 Å². The molecule has 0 amide bonds. The quantitative estimate of drug-likeness (QED) is 0.326. The molecule has 0 radical (unpaired) electrons. The molecule has 0 rings (SSSR count). The summed E-state index contributed by atoms with van der Waals surface area (Å²) in [4.78, 5) is 24.0. The molecule has 2 unspecified atom stereocenters. The van der Waals surface area contributed by atoms with Crippen molar-refractivity contribution in [1.82, 2.24) is 0 Å². The van der Waals surface area contributed by atoms with E-state index < -0.39 is 54.5 Å². The molecule has 0 bridgehead atoms. The van der Waals surface area contributed by atoms with Gasteiger partial charge in [-0.15, -0.1) is 0 Å². The monoisotopic (exact) mass is 470 g/mol. The predicted octanol–water partition coefficient (Wildman–Crippen LogP) is 4.23. The lowest BCUT2D eigenvalue weighted by atomic mass is 10.0. The summed E-state index contributed by atoms with van der Waals surface area (Å²) in [6.45, 7) is 10.3. The Kier molecular flexibility index (Phi) is 11.6. The summed E-state index contributed by atoms with van der Waals surface area (Å²) < 4.78 is 56.9. The van der Waals surface area contributed by atoms with E-state index in [2.05, 4.69) is 8.37 Å². The van der Waals surface area contributed by atoms with Crippen LogP contribution in [0.15, 0.2) is 0 Å². The predicted molar refractivity (Wildman–Crippen MR) is 116 cm³/mol. The van der Waals surface area contributed by atoms with Crippen LogP contribution >= 0.6 is 0 Å². The SMILES string of the molecule is CCCCC(C)(CC)S(=O)(=O)OC(=O)CCC(=O)OS(=O)(=O)C(C)(CC)CCCC. The number of rotatable bonds is 15. The summed E-state index contributed by atoms with van der Waals surface area (Å²) in [5, 5.41) is 0. The first kappa shape index (κ1) is 28.8. The van der Waals surface area contributed by atoms with Crippen LogP contribution in [0.2, 0.25) is 0 Å². The number of carbonyl (C=O) groups is 2. The van der Waals surface area contributed by atoms with E-state index in [1.165, 1.54) is 13.8 Å². The number of hydrogen-bond acceptors (Lipinski definition) is 8. The van der Waals surface area contributed by atoms with Gasteiger partial charge in [0.2, 0.25) is 0 Å². The fraction of sp³-hybridized carbons (Fsp3) is 0.900. The van der Waals surface area contributed by atoms with E-state index in [9.17, 15) is 26.4 Å². The zero-order valence-electron chi connectivity index (χ0n) is 19.2. The summed E-state index contributed by atoms with van der Waals surface area (Å²) >= 11 is 0. The summed E-state index contributed by atoms with van der Waals surface area (Å²) in [6, 6.07) is 0. The second kappa shape index (κ2) is 12.0. The molecule has 8 nitrogen and oxygen atoms in total. The van der Waals surface area contributed by atoms with Crippen LogP contribution in [-0.2, 0) is 38.2 Å². The smallest absolute Gasteiger partial charge is 0.322 e. The van der Waals surface area contributed by atoms with Crippen molar-refractivity contribution in [1.29, 1.82) is 0 Å². The number of unbranched alkanes of at least 4 members (excludes halogenated alkanes) is 2. The summed E-state index contributed by atoms with van der Waals surface area (Å²) in [7, 11) is -8.37. The fourth-order valence-corrected chi connectivity index (χ4v) is 5.35. The van der Waals surface area contributed by atoms with Crippen LogP contribution in [-0.4, -0.2) is 38.3 Å². The van der Waals surface area contributed by atoms with Gasteiger partial charge in [0, 0.05) is 0 Å². The van der Waals surface area contributed by atoms with E-state index in [0.717, 1.165) is 12.8 Å². The Balaban J connectivity index is 4.97. The zero-order valence-corrected chi connectivity index (χ0v) is 20.8. The van der Waals surface area contributed by atoms with Gasteiger partial charge >= 0.3 is 32.2 Å². The third-order valence-corrected chi connectivity index (χ3v) is 9.97. The molecule has 10 heteroatoms. The van der Waals surface area contributed by atoms with Gasteiger partial charge in [-0.3, -0.25) is 9.59 Å². The largest absolute Gasteiger partial charge is 0.345 e. The Morgan fingerprint density at radius 3 is 1.20 bits per heavy atom. The fourth-order valence-electron chi connectivity index (χ4n) is 2.79. The van der Waals surface area contributed by atoms with E-state index in [1.54, 1.807) is 13.8 Å². The van der Waals surface area contributed by atoms with Crippen LogP contribution < -0.4 is 0 Å². The zero-order chi connectivity index (χ0) is 23.6. The lowest BCUT2D eigenvalue weighted by Gasteiger charge is -2.27. The molecule has 0 spiro atoms. The third kappa shape index (κ3) is 7.83. The first-order chi connectivity index (χ1) is 13.7. The van der Waals surface area contributed by atoms with Gasteiger partial charge in [0.1, 0.15) is 9.49 Å². The van der Waals surface area contributed by atoms with Gasteiger partial charge in [0.05, 0.1) is 12.8 Å². The molecule has 0 saturated heterocycles. The van der Waals surface area contributed by atoms with Crippen LogP contribution in [0.4, 0.5) is 0 Å². The van der Waals surface area contributed by atoms with Crippen LogP contribution in [0.3, 0.4) is 0 Å². The highest BCUT2D eigenvalue weighted by Crippen LogP contribution is 2.31. The van der Waals surface area contributed by atoms with Gasteiger partial charge in [-0.05, 0) is 39.5 Å². The topological polar surface area (TPSA) is 121 Å². The van der Waals surface area contributed by atoms with Crippen LogP contribution in [0.5, 0.6) is 0 Å². The van der Waals surface area contributed by atoms with Crippen LogP contribution in [0.1, 0.15) is 106 Å². The molecule has 0 heterocycles. The minimum Gasteiger partial charge on any atom is -0.345 e. The molecule has 178 valence electrons. The van der Waals surface area contributed by atoms with Gasteiger partial charge in [-0.25, -0.2) is 0 Å². The molecular weight excluding hydrogens is 432 g/mol. The van der Waals surface area contributed by atoms with Crippen LogP contribution in [0, 0.1) is 0 Å². The lowest BCUT2D eigenvalue weighted by Crippen LogP contribution is -2.38. The molecule has 0 N–H and O–H groups in total. The Bertz CT molecular complexity index is 707. The van der Waals surface area contributed by atoms with Crippen molar-refractivity contribution in [2.24, 2.45) is 0 Å². The maximum absolute atomic E-state index is 12.5. The molecule has 0 fully saturated rings. The molecule has 0 aliphatic heterocycles. The van der Waals surface area contributed by atoms with Crippen molar-refractivity contribution in [3.05, 3.63) is 0 Å². The van der Waals surface area contributed by atoms with E-state index >= 15 is 0 Å². The standard InChI is InChI=1S/C20H38O8S2/c1-7-11-15-19(5,9-3)29(23,24)27-17(21)13-14-18(22)28-30(25,26)20(6,10-4)16-12-8-2/h7-16H2,1-6H3. The molecule has 0 aromatic carbocycles.